The standard InChI is InChI=1S/C17H24N2O4/c1-12-9-13(15(20)21)11-14(10-12)18-5-7-19(8-6-18)16(22)23-17(2,3)4/h9-11H,5-8H2,1-4H3,(H,20,21). The molecule has 1 aliphatic rings. The maximum atomic E-state index is 12.1. The lowest BCUT2D eigenvalue weighted by Crippen LogP contribution is -2.50. The molecule has 0 radical (unpaired) electrons. The zero-order valence-electron chi connectivity index (χ0n) is 14.1. The Balaban J connectivity index is 2.02. The van der Waals surface area contributed by atoms with Crippen molar-refractivity contribution in [2.45, 2.75) is 33.3 Å². The van der Waals surface area contributed by atoms with Crippen molar-refractivity contribution in [3.8, 4) is 0 Å². The molecule has 0 spiro atoms. The van der Waals surface area contributed by atoms with Gasteiger partial charge in [0.2, 0.25) is 0 Å². The summed E-state index contributed by atoms with van der Waals surface area (Å²) in [4.78, 5) is 27.0. The molecule has 0 unspecified atom stereocenters. The van der Waals surface area contributed by atoms with E-state index in [-0.39, 0.29) is 11.7 Å². The molecule has 0 aliphatic carbocycles. The summed E-state index contributed by atoms with van der Waals surface area (Å²) in [6, 6.07) is 5.30. The fraction of sp³-hybridized carbons (Fsp3) is 0.529. The van der Waals surface area contributed by atoms with Gasteiger partial charge in [0.25, 0.3) is 0 Å². The van der Waals surface area contributed by atoms with Gasteiger partial charge in [-0.05, 0) is 51.5 Å². The minimum absolute atomic E-state index is 0.287. The number of anilines is 1. The number of carboxylic acid groups (broad SMARTS) is 1. The van der Waals surface area contributed by atoms with Gasteiger partial charge in [-0.1, -0.05) is 0 Å². The van der Waals surface area contributed by atoms with Crippen LogP contribution in [0.4, 0.5) is 10.5 Å². The van der Waals surface area contributed by atoms with E-state index in [1.165, 1.54) is 0 Å². The molecular weight excluding hydrogens is 296 g/mol. The van der Waals surface area contributed by atoms with E-state index >= 15 is 0 Å². The van der Waals surface area contributed by atoms with Crippen LogP contribution < -0.4 is 4.90 Å². The molecule has 0 aromatic heterocycles. The first-order valence-electron chi connectivity index (χ1n) is 7.73. The molecule has 1 aliphatic heterocycles. The lowest BCUT2D eigenvalue weighted by molar-refractivity contribution is 0.0240. The Hall–Kier alpha value is -2.24. The molecule has 1 amide bonds. The Morgan fingerprint density at radius 3 is 2.22 bits per heavy atom. The maximum Gasteiger partial charge on any atom is 0.410 e. The number of aromatic carboxylic acids is 1. The van der Waals surface area contributed by atoms with Crippen LogP contribution in [-0.2, 0) is 4.74 Å². The molecule has 1 aromatic carbocycles. The highest BCUT2D eigenvalue weighted by molar-refractivity contribution is 5.89. The molecule has 1 fully saturated rings. The van der Waals surface area contributed by atoms with Crippen molar-refractivity contribution in [3.63, 3.8) is 0 Å². The first kappa shape index (κ1) is 17.1. The van der Waals surface area contributed by atoms with Gasteiger partial charge in [0.1, 0.15) is 5.60 Å². The zero-order chi connectivity index (χ0) is 17.2. The lowest BCUT2D eigenvalue weighted by atomic mass is 10.1. The molecule has 0 atom stereocenters. The van der Waals surface area contributed by atoms with Gasteiger partial charge in [0, 0.05) is 31.9 Å². The number of carbonyl (C=O) groups is 2. The van der Waals surface area contributed by atoms with E-state index in [0.29, 0.717) is 26.2 Å². The highest BCUT2D eigenvalue weighted by Gasteiger charge is 2.26. The predicted octanol–water partition coefficient (Wildman–Crippen LogP) is 2.75. The van der Waals surface area contributed by atoms with E-state index in [0.717, 1.165) is 11.3 Å². The van der Waals surface area contributed by atoms with Crippen LogP contribution in [0.5, 0.6) is 0 Å². The Morgan fingerprint density at radius 1 is 1.09 bits per heavy atom. The summed E-state index contributed by atoms with van der Waals surface area (Å²) in [7, 11) is 0. The molecule has 2 rings (SSSR count). The fourth-order valence-electron chi connectivity index (χ4n) is 2.54. The van der Waals surface area contributed by atoms with Gasteiger partial charge in [0.05, 0.1) is 5.56 Å². The van der Waals surface area contributed by atoms with Crippen LogP contribution in [0.15, 0.2) is 18.2 Å². The summed E-state index contributed by atoms with van der Waals surface area (Å²) < 4.78 is 5.38. The number of aryl methyl sites for hydroxylation is 1. The number of amides is 1. The molecular formula is C17H24N2O4. The van der Waals surface area contributed by atoms with E-state index in [1.807, 2.05) is 33.8 Å². The SMILES string of the molecule is Cc1cc(C(=O)O)cc(N2CCN(C(=O)OC(C)(C)C)CC2)c1. The summed E-state index contributed by atoms with van der Waals surface area (Å²) in [5.74, 6) is -0.928. The third kappa shape index (κ3) is 4.61. The number of ether oxygens (including phenoxy) is 1. The van der Waals surface area contributed by atoms with Crippen molar-refractivity contribution in [2.24, 2.45) is 0 Å². The van der Waals surface area contributed by atoms with Gasteiger partial charge >= 0.3 is 12.1 Å². The Kier molecular flexibility index (Phi) is 4.82. The van der Waals surface area contributed by atoms with E-state index in [1.54, 1.807) is 17.0 Å². The first-order valence-corrected chi connectivity index (χ1v) is 7.73. The second kappa shape index (κ2) is 6.48. The smallest absolute Gasteiger partial charge is 0.410 e. The third-order valence-electron chi connectivity index (χ3n) is 3.61. The van der Waals surface area contributed by atoms with Crippen LogP contribution in [0.2, 0.25) is 0 Å². The molecule has 1 saturated heterocycles. The zero-order valence-corrected chi connectivity index (χ0v) is 14.1. The molecule has 1 N–H and O–H groups in total. The number of rotatable bonds is 2. The van der Waals surface area contributed by atoms with Crippen molar-refractivity contribution in [1.82, 2.24) is 4.90 Å². The average molecular weight is 320 g/mol. The molecule has 6 heteroatoms. The number of hydrogen-bond donors (Lipinski definition) is 1. The van der Waals surface area contributed by atoms with Gasteiger partial charge in [-0.3, -0.25) is 0 Å². The van der Waals surface area contributed by atoms with Crippen LogP contribution >= 0.6 is 0 Å². The number of carbonyl (C=O) groups excluding carboxylic acids is 1. The van der Waals surface area contributed by atoms with E-state index in [4.69, 9.17) is 9.84 Å². The highest BCUT2D eigenvalue weighted by Crippen LogP contribution is 2.21. The third-order valence-corrected chi connectivity index (χ3v) is 3.61. The highest BCUT2D eigenvalue weighted by atomic mass is 16.6. The molecule has 1 heterocycles. The number of piperazine rings is 1. The Bertz CT molecular complexity index is 599. The largest absolute Gasteiger partial charge is 0.478 e. The van der Waals surface area contributed by atoms with Crippen molar-refractivity contribution in [1.29, 1.82) is 0 Å². The number of nitrogens with zero attached hydrogens (tertiary/aromatic N) is 2. The number of carboxylic acids is 1. The van der Waals surface area contributed by atoms with Gasteiger partial charge in [-0.15, -0.1) is 0 Å². The van der Waals surface area contributed by atoms with Crippen LogP contribution in [0.1, 0.15) is 36.7 Å². The predicted molar refractivity (Wildman–Crippen MR) is 88.2 cm³/mol. The molecule has 1 aromatic rings. The maximum absolute atomic E-state index is 12.1. The molecule has 126 valence electrons. The van der Waals surface area contributed by atoms with Crippen molar-refractivity contribution in [2.75, 3.05) is 31.1 Å². The number of hydrogen-bond acceptors (Lipinski definition) is 4. The van der Waals surface area contributed by atoms with E-state index < -0.39 is 11.6 Å². The average Bonchev–Trinajstić information content (AvgIpc) is 2.45. The van der Waals surface area contributed by atoms with Gasteiger partial charge < -0.3 is 19.6 Å². The van der Waals surface area contributed by atoms with E-state index in [2.05, 4.69) is 4.90 Å². The Morgan fingerprint density at radius 2 is 1.70 bits per heavy atom. The molecule has 0 saturated carbocycles. The van der Waals surface area contributed by atoms with Gasteiger partial charge in [0.15, 0.2) is 0 Å². The van der Waals surface area contributed by atoms with Gasteiger partial charge in [-0.25, -0.2) is 9.59 Å². The summed E-state index contributed by atoms with van der Waals surface area (Å²) >= 11 is 0. The van der Waals surface area contributed by atoms with Crippen LogP contribution in [0.3, 0.4) is 0 Å². The quantitative estimate of drug-likeness (QED) is 0.907. The summed E-state index contributed by atoms with van der Waals surface area (Å²) in [6.45, 7) is 9.86. The number of benzene rings is 1. The molecule has 23 heavy (non-hydrogen) atoms. The summed E-state index contributed by atoms with van der Waals surface area (Å²) in [6.07, 6.45) is -0.299. The molecule has 6 nitrogen and oxygen atoms in total. The minimum Gasteiger partial charge on any atom is -0.478 e. The Labute approximate surface area is 136 Å². The lowest BCUT2D eigenvalue weighted by Gasteiger charge is -2.37. The van der Waals surface area contributed by atoms with Crippen molar-refractivity contribution >= 4 is 17.7 Å². The topological polar surface area (TPSA) is 70.1 Å². The van der Waals surface area contributed by atoms with Crippen molar-refractivity contribution < 1.29 is 19.4 Å². The summed E-state index contributed by atoms with van der Waals surface area (Å²) in [5, 5.41) is 9.17. The second-order valence-corrected chi connectivity index (χ2v) is 6.82. The van der Waals surface area contributed by atoms with Gasteiger partial charge in [-0.2, -0.15) is 0 Å². The monoisotopic (exact) mass is 320 g/mol. The normalized spacial score (nSPS) is 15.5. The van der Waals surface area contributed by atoms with Crippen LogP contribution in [-0.4, -0.2) is 53.8 Å². The van der Waals surface area contributed by atoms with Crippen LogP contribution in [0.25, 0.3) is 0 Å². The van der Waals surface area contributed by atoms with Crippen LogP contribution in [0, 0.1) is 6.92 Å². The fourth-order valence-corrected chi connectivity index (χ4v) is 2.54. The van der Waals surface area contributed by atoms with E-state index in [9.17, 15) is 9.59 Å². The minimum atomic E-state index is -0.928. The first-order chi connectivity index (χ1) is 10.7. The second-order valence-electron chi connectivity index (χ2n) is 6.82. The summed E-state index contributed by atoms with van der Waals surface area (Å²) in [5.41, 5.74) is 1.58. The van der Waals surface area contributed by atoms with Crippen molar-refractivity contribution in [3.05, 3.63) is 29.3 Å². The molecule has 0 bridgehead atoms.